The van der Waals surface area contributed by atoms with Crippen LogP contribution in [0.1, 0.15) is 46.2 Å². The Hall–Kier alpha value is -1.09. The van der Waals surface area contributed by atoms with Crippen molar-refractivity contribution in [1.82, 2.24) is 10.3 Å². The molecule has 3 heteroatoms. The topological polar surface area (TPSA) is 28.2 Å². The summed E-state index contributed by atoms with van der Waals surface area (Å²) in [5.41, 5.74) is 1.11. The average molecular weight is 249 g/mol. The summed E-state index contributed by atoms with van der Waals surface area (Å²) in [7, 11) is 2.14. The van der Waals surface area contributed by atoms with Crippen molar-refractivity contribution < 1.29 is 0 Å². The summed E-state index contributed by atoms with van der Waals surface area (Å²) in [6.07, 6.45) is 2.31. The van der Waals surface area contributed by atoms with E-state index < -0.39 is 0 Å². The van der Waals surface area contributed by atoms with Gasteiger partial charge in [0.2, 0.25) is 0 Å². The van der Waals surface area contributed by atoms with E-state index in [9.17, 15) is 0 Å². The van der Waals surface area contributed by atoms with Gasteiger partial charge < -0.3 is 10.2 Å². The highest BCUT2D eigenvalue weighted by atomic mass is 15.2. The molecule has 18 heavy (non-hydrogen) atoms. The summed E-state index contributed by atoms with van der Waals surface area (Å²) >= 11 is 0. The highest BCUT2D eigenvalue weighted by molar-refractivity contribution is 5.39. The number of nitrogens with zero attached hydrogens (tertiary/aromatic N) is 2. The van der Waals surface area contributed by atoms with Gasteiger partial charge in [-0.25, -0.2) is 4.98 Å². The normalized spacial score (nSPS) is 11.3. The second-order valence-electron chi connectivity index (χ2n) is 5.10. The SMILES string of the molecule is CCC(CC)N(C)c1cccc(CNC(C)C)n1. The molecule has 1 aromatic heterocycles. The van der Waals surface area contributed by atoms with E-state index in [0.717, 1.165) is 30.9 Å². The third-order valence-electron chi connectivity index (χ3n) is 3.34. The van der Waals surface area contributed by atoms with Crippen LogP contribution in [0.4, 0.5) is 5.82 Å². The Morgan fingerprint density at radius 1 is 1.22 bits per heavy atom. The number of anilines is 1. The quantitative estimate of drug-likeness (QED) is 0.804. The molecule has 1 heterocycles. The molecule has 0 saturated carbocycles. The zero-order valence-electron chi connectivity index (χ0n) is 12.4. The van der Waals surface area contributed by atoms with Crippen LogP contribution in [0, 0.1) is 0 Å². The van der Waals surface area contributed by atoms with Crippen LogP contribution in [0.2, 0.25) is 0 Å². The second-order valence-corrected chi connectivity index (χ2v) is 5.10. The number of hydrogen-bond acceptors (Lipinski definition) is 3. The van der Waals surface area contributed by atoms with E-state index >= 15 is 0 Å². The van der Waals surface area contributed by atoms with Gasteiger partial charge in [0.25, 0.3) is 0 Å². The van der Waals surface area contributed by atoms with Gasteiger partial charge in [-0.1, -0.05) is 33.8 Å². The number of aromatic nitrogens is 1. The molecule has 0 aliphatic heterocycles. The van der Waals surface area contributed by atoms with Gasteiger partial charge in [-0.2, -0.15) is 0 Å². The molecule has 0 radical (unpaired) electrons. The van der Waals surface area contributed by atoms with Gasteiger partial charge in [-0.15, -0.1) is 0 Å². The van der Waals surface area contributed by atoms with Gasteiger partial charge in [0.05, 0.1) is 5.69 Å². The Morgan fingerprint density at radius 2 is 1.89 bits per heavy atom. The molecule has 102 valence electrons. The first-order valence-corrected chi connectivity index (χ1v) is 7.00. The van der Waals surface area contributed by atoms with Crippen molar-refractivity contribution in [2.24, 2.45) is 0 Å². The summed E-state index contributed by atoms with van der Waals surface area (Å²) < 4.78 is 0. The van der Waals surface area contributed by atoms with Gasteiger partial charge in [0.15, 0.2) is 0 Å². The number of hydrogen-bond donors (Lipinski definition) is 1. The van der Waals surface area contributed by atoms with Gasteiger partial charge in [0.1, 0.15) is 5.82 Å². The van der Waals surface area contributed by atoms with E-state index in [4.69, 9.17) is 4.98 Å². The monoisotopic (exact) mass is 249 g/mol. The zero-order chi connectivity index (χ0) is 13.5. The van der Waals surface area contributed by atoms with Crippen LogP contribution in [0.5, 0.6) is 0 Å². The van der Waals surface area contributed by atoms with Crippen LogP contribution in [-0.2, 0) is 6.54 Å². The summed E-state index contributed by atoms with van der Waals surface area (Å²) in [4.78, 5) is 7.02. The molecule has 3 nitrogen and oxygen atoms in total. The predicted octanol–water partition coefficient (Wildman–Crippen LogP) is 3.20. The van der Waals surface area contributed by atoms with E-state index in [2.05, 4.69) is 63.2 Å². The largest absolute Gasteiger partial charge is 0.357 e. The predicted molar refractivity (Wildman–Crippen MR) is 79.0 cm³/mol. The lowest BCUT2D eigenvalue weighted by Gasteiger charge is -2.27. The van der Waals surface area contributed by atoms with E-state index in [1.165, 1.54) is 0 Å². The lowest BCUT2D eigenvalue weighted by Crippen LogP contribution is -2.31. The molecule has 0 saturated heterocycles. The summed E-state index contributed by atoms with van der Waals surface area (Å²) in [5, 5.41) is 3.40. The third kappa shape index (κ3) is 4.30. The fraction of sp³-hybridized carbons (Fsp3) is 0.667. The molecule has 0 aliphatic carbocycles. The van der Waals surface area contributed by atoms with Crippen LogP contribution < -0.4 is 10.2 Å². The van der Waals surface area contributed by atoms with Crippen LogP contribution in [0.3, 0.4) is 0 Å². The summed E-state index contributed by atoms with van der Waals surface area (Å²) in [5.74, 6) is 1.08. The molecule has 1 rings (SSSR count). The highest BCUT2D eigenvalue weighted by Gasteiger charge is 2.12. The van der Waals surface area contributed by atoms with E-state index in [1.807, 2.05) is 0 Å². The van der Waals surface area contributed by atoms with E-state index in [0.29, 0.717) is 12.1 Å². The standard InChI is InChI=1S/C15H27N3/c1-6-14(7-2)18(5)15-10-8-9-13(17-15)11-16-12(3)4/h8-10,12,14,16H,6-7,11H2,1-5H3. The summed E-state index contributed by atoms with van der Waals surface area (Å²) in [6.45, 7) is 9.60. The molecular weight excluding hydrogens is 222 g/mol. The minimum absolute atomic E-state index is 0.493. The average Bonchev–Trinajstić information content (AvgIpc) is 2.38. The molecule has 1 aromatic rings. The zero-order valence-corrected chi connectivity index (χ0v) is 12.4. The molecule has 0 atom stereocenters. The van der Waals surface area contributed by atoms with Gasteiger partial charge in [0, 0.05) is 25.7 Å². The van der Waals surface area contributed by atoms with Crippen molar-refractivity contribution in [3.63, 3.8) is 0 Å². The first kappa shape index (κ1) is 15.0. The van der Waals surface area contributed by atoms with Crippen molar-refractivity contribution in [1.29, 1.82) is 0 Å². The maximum absolute atomic E-state index is 4.72. The summed E-state index contributed by atoms with van der Waals surface area (Å²) in [6, 6.07) is 7.34. The smallest absolute Gasteiger partial charge is 0.128 e. The minimum Gasteiger partial charge on any atom is -0.357 e. The Labute approximate surface area is 112 Å². The molecule has 0 fully saturated rings. The first-order valence-electron chi connectivity index (χ1n) is 7.00. The Bertz CT molecular complexity index is 345. The molecule has 0 bridgehead atoms. The lowest BCUT2D eigenvalue weighted by molar-refractivity contribution is 0.572. The number of nitrogens with one attached hydrogen (secondary N) is 1. The van der Waals surface area contributed by atoms with Gasteiger partial charge in [-0.3, -0.25) is 0 Å². The Balaban J connectivity index is 2.74. The maximum atomic E-state index is 4.72. The van der Waals surface area contributed by atoms with Crippen molar-refractivity contribution in [3.8, 4) is 0 Å². The molecular formula is C15H27N3. The Kier molecular flexibility index (Phi) is 6.13. The molecule has 0 aliphatic rings. The lowest BCUT2D eigenvalue weighted by atomic mass is 10.1. The van der Waals surface area contributed by atoms with Crippen molar-refractivity contribution in [2.75, 3.05) is 11.9 Å². The van der Waals surface area contributed by atoms with Crippen molar-refractivity contribution in [3.05, 3.63) is 23.9 Å². The van der Waals surface area contributed by atoms with E-state index in [1.54, 1.807) is 0 Å². The van der Waals surface area contributed by atoms with Crippen molar-refractivity contribution in [2.45, 2.75) is 59.2 Å². The van der Waals surface area contributed by atoms with Gasteiger partial charge in [-0.05, 0) is 25.0 Å². The fourth-order valence-electron chi connectivity index (χ4n) is 2.09. The molecule has 0 unspecified atom stereocenters. The number of rotatable bonds is 7. The van der Waals surface area contributed by atoms with Crippen LogP contribution in [0.25, 0.3) is 0 Å². The number of pyridine rings is 1. The van der Waals surface area contributed by atoms with Gasteiger partial charge >= 0.3 is 0 Å². The fourth-order valence-corrected chi connectivity index (χ4v) is 2.09. The van der Waals surface area contributed by atoms with Crippen LogP contribution >= 0.6 is 0 Å². The van der Waals surface area contributed by atoms with Crippen LogP contribution in [0.15, 0.2) is 18.2 Å². The molecule has 0 amide bonds. The minimum atomic E-state index is 0.493. The molecule has 0 aromatic carbocycles. The van der Waals surface area contributed by atoms with E-state index in [-0.39, 0.29) is 0 Å². The maximum Gasteiger partial charge on any atom is 0.128 e. The van der Waals surface area contributed by atoms with Crippen molar-refractivity contribution >= 4 is 5.82 Å². The second kappa shape index (κ2) is 7.37. The van der Waals surface area contributed by atoms with Crippen LogP contribution in [-0.4, -0.2) is 24.1 Å². The Morgan fingerprint density at radius 3 is 2.44 bits per heavy atom. The highest BCUT2D eigenvalue weighted by Crippen LogP contribution is 2.16. The first-order chi connectivity index (χ1) is 8.58. The molecule has 1 N–H and O–H groups in total. The molecule has 0 spiro atoms. The third-order valence-corrected chi connectivity index (χ3v) is 3.34.